The zero-order valence-corrected chi connectivity index (χ0v) is 17.0. The van der Waals surface area contributed by atoms with Crippen LogP contribution < -0.4 is 10.7 Å². The summed E-state index contributed by atoms with van der Waals surface area (Å²) in [6, 6.07) is 18.4. The molecule has 7 heteroatoms. The van der Waals surface area contributed by atoms with Crippen LogP contribution in [-0.2, 0) is 9.59 Å². The van der Waals surface area contributed by atoms with Crippen molar-refractivity contribution in [2.45, 2.75) is 12.8 Å². The van der Waals surface area contributed by atoms with Gasteiger partial charge < -0.3 is 10.4 Å². The molecule has 3 N–H and O–H groups in total. The second kappa shape index (κ2) is 9.32. The van der Waals surface area contributed by atoms with Gasteiger partial charge in [0.05, 0.1) is 6.21 Å². The average Bonchev–Trinajstić information content (AvgIpc) is 2.70. The molecule has 0 saturated carbocycles. The molecule has 0 aliphatic heterocycles. The molecule has 0 radical (unpaired) electrons. The topological polar surface area (TPSA) is 90.8 Å². The Labute approximate surface area is 175 Å². The van der Waals surface area contributed by atoms with Crippen LogP contribution in [-0.4, -0.2) is 23.1 Å². The standard InChI is InChI=1S/C21H18IN3O3/c22-15-6-8-16(9-7-15)24-20(27)11-12-21(28)25-23-13-18-17-4-2-1-3-14(17)5-10-19(18)26/h1-10,13,26H,11-12H2,(H,24,27)(H,25,28)/b23-13+. The van der Waals surface area contributed by atoms with Gasteiger partial charge in [-0.25, -0.2) is 5.43 Å². The predicted molar refractivity (Wildman–Crippen MR) is 118 cm³/mol. The van der Waals surface area contributed by atoms with E-state index in [1.165, 1.54) is 6.21 Å². The quantitative estimate of drug-likeness (QED) is 0.279. The Morgan fingerprint density at radius 3 is 2.46 bits per heavy atom. The van der Waals surface area contributed by atoms with Gasteiger partial charge in [-0.05, 0) is 63.7 Å². The highest BCUT2D eigenvalue weighted by Crippen LogP contribution is 2.25. The summed E-state index contributed by atoms with van der Waals surface area (Å²) in [5, 5.41) is 18.5. The van der Waals surface area contributed by atoms with E-state index in [1.54, 1.807) is 18.2 Å². The summed E-state index contributed by atoms with van der Waals surface area (Å²) in [6.07, 6.45) is 1.46. The normalized spacial score (nSPS) is 10.9. The van der Waals surface area contributed by atoms with Crippen LogP contribution in [0.4, 0.5) is 5.69 Å². The highest BCUT2D eigenvalue weighted by Gasteiger charge is 2.08. The molecule has 142 valence electrons. The lowest BCUT2D eigenvalue weighted by atomic mass is 10.0. The molecule has 0 atom stereocenters. The number of carbonyl (C=O) groups is 2. The summed E-state index contributed by atoms with van der Waals surface area (Å²) >= 11 is 2.18. The van der Waals surface area contributed by atoms with Crippen LogP contribution in [0.15, 0.2) is 65.8 Å². The number of hydrogen-bond donors (Lipinski definition) is 3. The maximum absolute atomic E-state index is 11.9. The maximum Gasteiger partial charge on any atom is 0.240 e. The molecule has 2 amide bonds. The lowest BCUT2D eigenvalue weighted by Gasteiger charge is -2.06. The van der Waals surface area contributed by atoms with Crippen LogP contribution >= 0.6 is 22.6 Å². The third-order valence-electron chi connectivity index (χ3n) is 4.04. The van der Waals surface area contributed by atoms with Crippen LogP contribution in [0.1, 0.15) is 18.4 Å². The van der Waals surface area contributed by atoms with Crippen molar-refractivity contribution >= 4 is 57.1 Å². The molecule has 0 saturated heterocycles. The van der Waals surface area contributed by atoms with E-state index in [2.05, 4.69) is 38.4 Å². The molecule has 3 rings (SSSR count). The number of nitrogens with one attached hydrogen (secondary N) is 2. The van der Waals surface area contributed by atoms with E-state index < -0.39 is 0 Å². The third-order valence-corrected chi connectivity index (χ3v) is 4.76. The molecule has 0 aliphatic carbocycles. The Morgan fingerprint density at radius 2 is 1.68 bits per heavy atom. The van der Waals surface area contributed by atoms with Crippen molar-refractivity contribution in [2.75, 3.05) is 5.32 Å². The molecule has 0 fully saturated rings. The fourth-order valence-electron chi connectivity index (χ4n) is 2.63. The van der Waals surface area contributed by atoms with Gasteiger partial charge in [0.15, 0.2) is 0 Å². The SMILES string of the molecule is O=C(CCC(=O)Nc1ccc(I)cc1)N/N=C/c1c(O)ccc2ccccc12. The first-order valence-electron chi connectivity index (χ1n) is 8.61. The van der Waals surface area contributed by atoms with E-state index in [9.17, 15) is 14.7 Å². The lowest BCUT2D eigenvalue weighted by Crippen LogP contribution is -2.20. The Kier molecular flexibility index (Phi) is 6.59. The van der Waals surface area contributed by atoms with E-state index >= 15 is 0 Å². The van der Waals surface area contributed by atoms with Gasteiger partial charge in [0.1, 0.15) is 5.75 Å². The van der Waals surface area contributed by atoms with Crippen LogP contribution in [0.25, 0.3) is 10.8 Å². The molecule has 28 heavy (non-hydrogen) atoms. The summed E-state index contributed by atoms with van der Waals surface area (Å²) in [7, 11) is 0. The van der Waals surface area contributed by atoms with Crippen molar-refractivity contribution in [1.29, 1.82) is 0 Å². The van der Waals surface area contributed by atoms with E-state index in [0.717, 1.165) is 14.3 Å². The first-order valence-corrected chi connectivity index (χ1v) is 9.69. The summed E-state index contributed by atoms with van der Waals surface area (Å²) in [6.45, 7) is 0. The predicted octanol–water partition coefficient (Wildman–Crippen LogP) is 4.02. The Hall–Kier alpha value is -2.94. The molecule has 0 aromatic heterocycles. The van der Waals surface area contributed by atoms with E-state index in [4.69, 9.17) is 0 Å². The van der Waals surface area contributed by atoms with Crippen molar-refractivity contribution in [1.82, 2.24) is 5.43 Å². The van der Waals surface area contributed by atoms with Gasteiger partial charge in [0.25, 0.3) is 0 Å². The van der Waals surface area contributed by atoms with Crippen molar-refractivity contribution in [3.05, 3.63) is 69.8 Å². The van der Waals surface area contributed by atoms with Crippen LogP contribution in [0.2, 0.25) is 0 Å². The fraction of sp³-hybridized carbons (Fsp3) is 0.0952. The van der Waals surface area contributed by atoms with E-state index in [0.29, 0.717) is 11.3 Å². The van der Waals surface area contributed by atoms with Gasteiger partial charge >= 0.3 is 0 Å². The zero-order valence-electron chi connectivity index (χ0n) is 14.9. The monoisotopic (exact) mass is 487 g/mol. The average molecular weight is 487 g/mol. The number of fused-ring (bicyclic) bond motifs is 1. The molecular weight excluding hydrogens is 469 g/mol. The van der Waals surface area contributed by atoms with Crippen LogP contribution in [0, 0.1) is 3.57 Å². The highest BCUT2D eigenvalue weighted by molar-refractivity contribution is 14.1. The molecule has 0 spiro atoms. The molecule has 0 heterocycles. The largest absolute Gasteiger partial charge is 0.507 e. The molecule has 0 aliphatic rings. The number of hydrogen-bond acceptors (Lipinski definition) is 4. The number of benzene rings is 3. The molecular formula is C21H18IN3O3. The number of hydrazone groups is 1. The van der Waals surface area contributed by atoms with Gasteiger partial charge in [-0.3, -0.25) is 9.59 Å². The first-order chi connectivity index (χ1) is 13.5. The molecule has 0 unspecified atom stereocenters. The van der Waals surface area contributed by atoms with Gasteiger partial charge in [0, 0.05) is 27.7 Å². The number of carbonyl (C=O) groups excluding carboxylic acids is 2. The molecule has 3 aromatic carbocycles. The smallest absolute Gasteiger partial charge is 0.240 e. The number of halogens is 1. The second-order valence-corrected chi connectivity index (χ2v) is 7.31. The number of phenols is 1. The van der Waals surface area contributed by atoms with Crippen molar-refractivity contribution in [3.63, 3.8) is 0 Å². The number of aromatic hydroxyl groups is 1. The van der Waals surface area contributed by atoms with Crippen molar-refractivity contribution in [3.8, 4) is 5.75 Å². The fourth-order valence-corrected chi connectivity index (χ4v) is 2.99. The molecule has 6 nitrogen and oxygen atoms in total. The minimum Gasteiger partial charge on any atom is -0.507 e. The second-order valence-electron chi connectivity index (χ2n) is 6.07. The minimum absolute atomic E-state index is 0.00899. The first kappa shape index (κ1) is 19.8. The van der Waals surface area contributed by atoms with Gasteiger partial charge in [-0.1, -0.05) is 30.3 Å². The van der Waals surface area contributed by atoms with Crippen LogP contribution in [0.5, 0.6) is 5.75 Å². The summed E-state index contributed by atoms with van der Waals surface area (Å²) in [5.74, 6) is -0.547. The Balaban J connectivity index is 1.52. The lowest BCUT2D eigenvalue weighted by molar-refractivity contribution is -0.124. The van der Waals surface area contributed by atoms with Gasteiger partial charge in [-0.15, -0.1) is 0 Å². The number of nitrogens with zero attached hydrogens (tertiary/aromatic N) is 1. The summed E-state index contributed by atoms with van der Waals surface area (Å²) < 4.78 is 1.07. The van der Waals surface area contributed by atoms with E-state index in [1.807, 2.05) is 42.5 Å². The summed E-state index contributed by atoms with van der Waals surface area (Å²) in [4.78, 5) is 23.8. The zero-order chi connectivity index (χ0) is 19.9. The van der Waals surface area contributed by atoms with E-state index in [-0.39, 0.29) is 30.4 Å². The minimum atomic E-state index is -0.381. The number of amides is 2. The maximum atomic E-state index is 11.9. The Morgan fingerprint density at radius 1 is 0.964 bits per heavy atom. The van der Waals surface area contributed by atoms with Crippen molar-refractivity contribution < 1.29 is 14.7 Å². The molecule has 0 bridgehead atoms. The molecule has 3 aromatic rings. The number of anilines is 1. The van der Waals surface area contributed by atoms with Crippen LogP contribution in [0.3, 0.4) is 0 Å². The Bertz CT molecular complexity index is 1030. The van der Waals surface area contributed by atoms with Crippen molar-refractivity contribution in [2.24, 2.45) is 5.10 Å². The summed E-state index contributed by atoms with van der Waals surface area (Å²) in [5.41, 5.74) is 3.60. The van der Waals surface area contributed by atoms with Gasteiger partial charge in [0.2, 0.25) is 11.8 Å². The number of phenolic OH excluding ortho intramolecular Hbond substituents is 1. The third kappa shape index (κ3) is 5.29. The highest BCUT2D eigenvalue weighted by atomic mass is 127. The number of rotatable bonds is 6. The van der Waals surface area contributed by atoms with Gasteiger partial charge in [-0.2, -0.15) is 5.10 Å².